The standard InChI is InChI=1S/C10H10N2/c1-2-7-12-10(6-1)8-4-3-5-9(8)11-12/h1-2,6-7H,3-5H2. The second-order valence-electron chi connectivity index (χ2n) is 3.31. The maximum Gasteiger partial charge on any atom is 0.0696 e. The van der Waals surface area contributed by atoms with Crippen molar-refractivity contribution in [2.45, 2.75) is 19.3 Å². The molecule has 0 fully saturated rings. The lowest BCUT2D eigenvalue weighted by Gasteiger charge is -1.92. The molecule has 2 aromatic rings. The first-order valence-electron chi connectivity index (χ1n) is 4.40. The fraction of sp³-hybridized carbons (Fsp3) is 0.300. The largest absolute Gasteiger partial charge is 0.240 e. The van der Waals surface area contributed by atoms with Crippen LogP contribution in [0, 0.1) is 0 Å². The van der Waals surface area contributed by atoms with Gasteiger partial charge < -0.3 is 0 Å². The van der Waals surface area contributed by atoms with Crippen LogP contribution in [0.3, 0.4) is 0 Å². The van der Waals surface area contributed by atoms with Gasteiger partial charge in [-0.1, -0.05) is 6.07 Å². The quantitative estimate of drug-likeness (QED) is 0.571. The monoisotopic (exact) mass is 158 g/mol. The highest BCUT2D eigenvalue weighted by atomic mass is 15.2. The Hall–Kier alpha value is -1.31. The summed E-state index contributed by atoms with van der Waals surface area (Å²) in [7, 11) is 0. The topological polar surface area (TPSA) is 17.3 Å². The summed E-state index contributed by atoms with van der Waals surface area (Å²) in [6.07, 6.45) is 5.68. The number of pyridine rings is 1. The van der Waals surface area contributed by atoms with E-state index in [4.69, 9.17) is 0 Å². The Balaban J connectivity index is 2.44. The Labute approximate surface area is 70.8 Å². The predicted octanol–water partition coefficient (Wildman–Crippen LogP) is 1.82. The van der Waals surface area contributed by atoms with Gasteiger partial charge in [-0.25, -0.2) is 4.52 Å². The SMILES string of the molecule is c1ccn2nc3c(c2c1)CCC3. The van der Waals surface area contributed by atoms with Gasteiger partial charge >= 0.3 is 0 Å². The zero-order valence-electron chi connectivity index (χ0n) is 6.83. The van der Waals surface area contributed by atoms with Gasteiger partial charge in [0.25, 0.3) is 0 Å². The van der Waals surface area contributed by atoms with Crippen molar-refractivity contribution in [3.8, 4) is 0 Å². The second kappa shape index (κ2) is 2.09. The molecule has 60 valence electrons. The van der Waals surface area contributed by atoms with E-state index in [1.165, 1.54) is 29.6 Å². The third-order valence-electron chi connectivity index (χ3n) is 2.57. The van der Waals surface area contributed by atoms with Crippen LogP contribution in [0.25, 0.3) is 5.52 Å². The zero-order valence-corrected chi connectivity index (χ0v) is 6.83. The molecule has 1 aliphatic carbocycles. The van der Waals surface area contributed by atoms with E-state index < -0.39 is 0 Å². The molecule has 0 spiro atoms. The molecule has 2 nitrogen and oxygen atoms in total. The third kappa shape index (κ3) is 0.670. The average Bonchev–Trinajstić information content (AvgIpc) is 2.62. The van der Waals surface area contributed by atoms with Crippen LogP contribution in [0.5, 0.6) is 0 Å². The lowest BCUT2D eigenvalue weighted by molar-refractivity contribution is 0.840. The van der Waals surface area contributed by atoms with Gasteiger partial charge in [-0.05, 0) is 31.4 Å². The highest BCUT2D eigenvalue weighted by Gasteiger charge is 2.16. The highest BCUT2D eigenvalue weighted by Crippen LogP contribution is 2.24. The van der Waals surface area contributed by atoms with Crippen LogP contribution < -0.4 is 0 Å². The lowest BCUT2D eigenvalue weighted by Crippen LogP contribution is -1.87. The molecule has 2 heteroatoms. The van der Waals surface area contributed by atoms with Crippen molar-refractivity contribution < 1.29 is 0 Å². The van der Waals surface area contributed by atoms with Crippen molar-refractivity contribution >= 4 is 5.52 Å². The molecule has 0 unspecified atom stereocenters. The van der Waals surface area contributed by atoms with E-state index in [0.717, 1.165) is 6.42 Å². The molecule has 0 N–H and O–H groups in total. The minimum Gasteiger partial charge on any atom is -0.240 e. The normalized spacial score (nSPS) is 15.3. The Morgan fingerprint density at radius 1 is 1.25 bits per heavy atom. The Morgan fingerprint density at radius 3 is 3.25 bits per heavy atom. The zero-order chi connectivity index (χ0) is 7.97. The van der Waals surface area contributed by atoms with Crippen molar-refractivity contribution in [1.29, 1.82) is 0 Å². The summed E-state index contributed by atoms with van der Waals surface area (Å²) >= 11 is 0. The molecule has 2 aromatic heterocycles. The van der Waals surface area contributed by atoms with Gasteiger partial charge in [0.2, 0.25) is 0 Å². The van der Waals surface area contributed by atoms with Crippen LogP contribution in [-0.4, -0.2) is 9.61 Å². The van der Waals surface area contributed by atoms with E-state index in [9.17, 15) is 0 Å². The molecule has 0 amide bonds. The Bertz CT molecular complexity index is 428. The number of rotatable bonds is 0. The van der Waals surface area contributed by atoms with Crippen molar-refractivity contribution in [3.63, 3.8) is 0 Å². The second-order valence-corrected chi connectivity index (χ2v) is 3.31. The summed E-state index contributed by atoms with van der Waals surface area (Å²) < 4.78 is 1.99. The first kappa shape index (κ1) is 6.23. The molecule has 0 atom stereocenters. The van der Waals surface area contributed by atoms with Crippen LogP contribution in [0.1, 0.15) is 17.7 Å². The van der Waals surface area contributed by atoms with Crippen molar-refractivity contribution in [2.24, 2.45) is 0 Å². The smallest absolute Gasteiger partial charge is 0.0696 e. The van der Waals surface area contributed by atoms with E-state index in [1.54, 1.807) is 0 Å². The first-order valence-corrected chi connectivity index (χ1v) is 4.40. The fourth-order valence-electron chi connectivity index (χ4n) is 2.00. The number of fused-ring (bicyclic) bond motifs is 3. The molecule has 0 bridgehead atoms. The third-order valence-corrected chi connectivity index (χ3v) is 2.57. The molecule has 1 aliphatic rings. The van der Waals surface area contributed by atoms with Gasteiger partial charge in [0.1, 0.15) is 0 Å². The molecule has 2 heterocycles. The number of aryl methyl sites for hydroxylation is 2. The molecule has 0 radical (unpaired) electrons. The molecule has 12 heavy (non-hydrogen) atoms. The Kier molecular flexibility index (Phi) is 1.09. The van der Waals surface area contributed by atoms with Crippen molar-refractivity contribution in [2.75, 3.05) is 0 Å². The molecular weight excluding hydrogens is 148 g/mol. The van der Waals surface area contributed by atoms with Gasteiger partial charge in [0.15, 0.2) is 0 Å². The van der Waals surface area contributed by atoms with E-state index in [0.29, 0.717) is 0 Å². The van der Waals surface area contributed by atoms with Crippen LogP contribution >= 0.6 is 0 Å². The summed E-state index contributed by atoms with van der Waals surface area (Å²) in [5, 5.41) is 4.51. The number of aromatic nitrogens is 2. The lowest BCUT2D eigenvalue weighted by atomic mass is 10.2. The molecule has 0 saturated heterocycles. The summed E-state index contributed by atoms with van der Waals surface area (Å²) in [6.45, 7) is 0. The highest BCUT2D eigenvalue weighted by molar-refractivity contribution is 5.57. The van der Waals surface area contributed by atoms with E-state index >= 15 is 0 Å². The number of hydrogen-bond donors (Lipinski definition) is 0. The minimum absolute atomic E-state index is 1.16. The summed E-state index contributed by atoms with van der Waals surface area (Å²) in [5.41, 5.74) is 4.07. The van der Waals surface area contributed by atoms with Crippen LogP contribution in [0.2, 0.25) is 0 Å². The van der Waals surface area contributed by atoms with Gasteiger partial charge in [-0.2, -0.15) is 5.10 Å². The molecule has 3 rings (SSSR count). The van der Waals surface area contributed by atoms with E-state index in [1.807, 2.05) is 16.8 Å². The minimum atomic E-state index is 1.16. The summed E-state index contributed by atoms with van der Waals surface area (Å²) in [6, 6.07) is 6.25. The van der Waals surface area contributed by atoms with Gasteiger partial charge in [0.05, 0.1) is 11.2 Å². The number of nitrogens with zero attached hydrogens (tertiary/aromatic N) is 2. The molecule has 0 saturated carbocycles. The van der Waals surface area contributed by atoms with Gasteiger partial charge in [-0.3, -0.25) is 0 Å². The maximum atomic E-state index is 4.51. The van der Waals surface area contributed by atoms with Crippen molar-refractivity contribution in [1.82, 2.24) is 9.61 Å². The first-order chi connectivity index (χ1) is 5.95. The van der Waals surface area contributed by atoms with Crippen molar-refractivity contribution in [3.05, 3.63) is 35.7 Å². The van der Waals surface area contributed by atoms with Crippen LogP contribution in [0.4, 0.5) is 0 Å². The number of hydrogen-bond acceptors (Lipinski definition) is 1. The van der Waals surface area contributed by atoms with Gasteiger partial charge in [0, 0.05) is 11.8 Å². The maximum absolute atomic E-state index is 4.51. The summed E-state index contributed by atoms with van der Waals surface area (Å²) in [4.78, 5) is 0. The van der Waals surface area contributed by atoms with E-state index in [2.05, 4.69) is 17.2 Å². The summed E-state index contributed by atoms with van der Waals surface area (Å²) in [5.74, 6) is 0. The molecule has 0 aromatic carbocycles. The van der Waals surface area contributed by atoms with Gasteiger partial charge in [-0.15, -0.1) is 0 Å². The van der Waals surface area contributed by atoms with E-state index in [-0.39, 0.29) is 0 Å². The van der Waals surface area contributed by atoms with Crippen LogP contribution in [-0.2, 0) is 12.8 Å². The fourth-order valence-corrected chi connectivity index (χ4v) is 2.00. The molecular formula is C10H10N2. The predicted molar refractivity (Wildman–Crippen MR) is 47.2 cm³/mol. The average molecular weight is 158 g/mol. The molecule has 0 aliphatic heterocycles. The Morgan fingerprint density at radius 2 is 2.25 bits per heavy atom. The van der Waals surface area contributed by atoms with Crippen LogP contribution in [0.15, 0.2) is 24.4 Å².